The lowest BCUT2D eigenvalue weighted by Crippen LogP contribution is -2.16. The van der Waals surface area contributed by atoms with Gasteiger partial charge in [0.05, 0.1) is 0 Å². The van der Waals surface area contributed by atoms with Crippen molar-refractivity contribution in [2.24, 2.45) is 0 Å². The fourth-order valence-corrected chi connectivity index (χ4v) is 8.60. The maximum absolute atomic E-state index is 7.09. The predicted molar refractivity (Wildman–Crippen MR) is 258 cm³/mol. The van der Waals surface area contributed by atoms with Gasteiger partial charge >= 0.3 is 0 Å². The Labute approximate surface area is 363 Å². The number of hydrogen-bond acceptors (Lipinski definition) is 5. The van der Waals surface area contributed by atoms with Crippen LogP contribution in [0.2, 0.25) is 0 Å². The quantitative estimate of drug-likeness (QED) is 0.173. The number of para-hydroxylation sites is 1. The third kappa shape index (κ3) is 6.96. The van der Waals surface area contributed by atoms with Gasteiger partial charge in [0.15, 0.2) is 17.5 Å². The molecule has 0 aliphatic carbocycles. The molecule has 0 saturated carbocycles. The molecule has 0 N–H and O–H groups in total. The van der Waals surface area contributed by atoms with Crippen LogP contribution >= 0.6 is 0 Å². The first-order valence-corrected chi connectivity index (χ1v) is 21.6. The summed E-state index contributed by atoms with van der Waals surface area (Å²) in [5.41, 5.74) is 14.0. The zero-order valence-corrected chi connectivity index (χ0v) is 37.0. The molecule has 62 heavy (non-hydrogen) atoms. The summed E-state index contributed by atoms with van der Waals surface area (Å²) in [5, 5.41) is 4.30. The largest absolute Gasteiger partial charge is 0.456 e. The molecule has 10 aromatic rings. The van der Waals surface area contributed by atoms with Crippen molar-refractivity contribution < 1.29 is 8.83 Å². The first-order valence-electron chi connectivity index (χ1n) is 21.6. The molecule has 0 atom stereocenters. The number of benzene rings is 7. The fraction of sp³-hybridized carbons (Fsp3) is 0.211. The smallest absolute Gasteiger partial charge is 0.164 e. The molecule has 0 radical (unpaired) electrons. The van der Waals surface area contributed by atoms with Gasteiger partial charge in [0.1, 0.15) is 22.3 Å². The molecule has 0 saturated heterocycles. The average molecular weight is 810 g/mol. The lowest BCUT2D eigenvalue weighted by Gasteiger charge is -2.25. The summed E-state index contributed by atoms with van der Waals surface area (Å²) in [7, 11) is 0. The summed E-state index contributed by atoms with van der Waals surface area (Å²) >= 11 is 0. The predicted octanol–water partition coefficient (Wildman–Crippen LogP) is 15.9. The van der Waals surface area contributed by atoms with E-state index in [-0.39, 0.29) is 16.2 Å². The van der Waals surface area contributed by atoms with E-state index in [4.69, 9.17) is 23.8 Å². The van der Waals surface area contributed by atoms with E-state index in [0.717, 1.165) is 82.8 Å². The fourth-order valence-electron chi connectivity index (χ4n) is 8.60. The van der Waals surface area contributed by atoms with Gasteiger partial charge in [-0.2, -0.15) is 0 Å². The van der Waals surface area contributed by atoms with E-state index in [0.29, 0.717) is 17.5 Å². The summed E-state index contributed by atoms with van der Waals surface area (Å²) in [6.07, 6.45) is 0. The van der Waals surface area contributed by atoms with Crippen molar-refractivity contribution in [1.82, 2.24) is 15.0 Å². The van der Waals surface area contributed by atoms with Crippen LogP contribution in [0.4, 0.5) is 0 Å². The van der Waals surface area contributed by atoms with Crippen molar-refractivity contribution >= 4 is 43.9 Å². The zero-order valence-electron chi connectivity index (χ0n) is 37.0. The molecule has 0 amide bonds. The van der Waals surface area contributed by atoms with Crippen LogP contribution < -0.4 is 0 Å². The summed E-state index contributed by atoms with van der Waals surface area (Å²) < 4.78 is 13.4. The van der Waals surface area contributed by atoms with Gasteiger partial charge in [-0.1, -0.05) is 172 Å². The third-order valence-corrected chi connectivity index (χ3v) is 12.2. The molecule has 0 aliphatic rings. The van der Waals surface area contributed by atoms with E-state index in [1.54, 1.807) is 0 Å². The van der Waals surface area contributed by atoms with Gasteiger partial charge in [-0.15, -0.1) is 0 Å². The second-order valence-corrected chi connectivity index (χ2v) is 19.8. The molecular weight excluding hydrogens is 759 g/mol. The number of fused-ring (bicyclic) bond motifs is 6. The van der Waals surface area contributed by atoms with E-state index < -0.39 is 0 Å². The Morgan fingerprint density at radius 1 is 0.355 bits per heavy atom. The van der Waals surface area contributed by atoms with Gasteiger partial charge in [-0.3, -0.25) is 0 Å². The third-order valence-electron chi connectivity index (χ3n) is 12.2. The molecule has 0 spiro atoms. The van der Waals surface area contributed by atoms with Crippen LogP contribution in [0.15, 0.2) is 154 Å². The Hall–Kier alpha value is -6.85. The van der Waals surface area contributed by atoms with Crippen molar-refractivity contribution in [3.8, 4) is 56.4 Å². The summed E-state index contributed by atoms with van der Waals surface area (Å²) in [6, 6.07) is 51.1. The highest BCUT2D eigenvalue weighted by atomic mass is 16.3. The molecule has 10 rings (SSSR count). The highest BCUT2D eigenvalue weighted by Crippen LogP contribution is 2.45. The van der Waals surface area contributed by atoms with Crippen LogP contribution in [0.1, 0.15) is 79.0 Å². The highest BCUT2D eigenvalue weighted by Gasteiger charge is 2.28. The maximum atomic E-state index is 7.09. The number of aromatic nitrogens is 3. The number of rotatable bonds is 5. The Morgan fingerprint density at radius 2 is 0.903 bits per heavy atom. The lowest BCUT2D eigenvalue weighted by molar-refractivity contribution is 0.559. The van der Waals surface area contributed by atoms with E-state index >= 15 is 0 Å². The minimum absolute atomic E-state index is 0.0288. The van der Waals surface area contributed by atoms with Gasteiger partial charge in [-0.25, -0.2) is 15.0 Å². The second kappa shape index (κ2) is 14.4. The first-order chi connectivity index (χ1) is 29.6. The van der Waals surface area contributed by atoms with Gasteiger partial charge in [-0.05, 0) is 80.5 Å². The van der Waals surface area contributed by atoms with Crippen LogP contribution in [0.25, 0.3) is 100 Å². The summed E-state index contributed by atoms with van der Waals surface area (Å²) in [5.74, 6) is 1.76. The second-order valence-electron chi connectivity index (χ2n) is 19.8. The molecule has 0 bridgehead atoms. The molecule has 0 unspecified atom stereocenters. The summed E-state index contributed by atoms with van der Waals surface area (Å²) in [4.78, 5) is 15.7. The van der Waals surface area contributed by atoms with E-state index in [2.05, 4.69) is 172 Å². The van der Waals surface area contributed by atoms with Crippen molar-refractivity contribution in [1.29, 1.82) is 0 Å². The summed E-state index contributed by atoms with van der Waals surface area (Å²) in [6.45, 7) is 20.5. The monoisotopic (exact) mass is 809 g/mol. The lowest BCUT2D eigenvalue weighted by atomic mass is 9.79. The zero-order chi connectivity index (χ0) is 43.1. The van der Waals surface area contributed by atoms with Crippen molar-refractivity contribution in [2.75, 3.05) is 0 Å². The highest BCUT2D eigenvalue weighted by molar-refractivity contribution is 6.13. The minimum atomic E-state index is -0.122. The standard InChI is InChI=1S/C57H51N3O2/c1-55(2,3)39-30-43(50-44(31-39)45-32-40(56(4,5)6)33-46(51(45)62-50)57(7,8)9)37-19-15-20-38(29-37)53-58-52(36-27-25-35(26-28-36)34-17-11-10-12-18-34)59-54(60-53)42-22-16-24-48-49(42)41-21-13-14-23-47(41)61-48/h10-33H,1-9H3. The SMILES string of the molecule is CC(C)(C)c1cc(-c2cccc(-c3nc(-c4ccc(-c5ccccc5)cc4)nc(-c4cccc5oc6ccccc6c45)n3)c2)c2oc3c(C(C)(C)C)cc(C(C)(C)C)cc3c2c1. The van der Waals surface area contributed by atoms with Crippen molar-refractivity contribution in [2.45, 2.75) is 78.6 Å². The van der Waals surface area contributed by atoms with Crippen LogP contribution in [0, 0.1) is 0 Å². The van der Waals surface area contributed by atoms with E-state index in [1.165, 1.54) is 16.7 Å². The Bertz CT molecular complexity index is 3330. The van der Waals surface area contributed by atoms with Gasteiger partial charge in [0, 0.05) is 49.4 Å². The van der Waals surface area contributed by atoms with E-state index in [1.807, 2.05) is 36.4 Å². The van der Waals surface area contributed by atoms with Gasteiger partial charge in [0.25, 0.3) is 0 Å². The number of furan rings is 2. The molecule has 5 heteroatoms. The normalized spacial score (nSPS) is 12.6. The van der Waals surface area contributed by atoms with Crippen LogP contribution in [0.3, 0.4) is 0 Å². The molecule has 7 aromatic carbocycles. The van der Waals surface area contributed by atoms with Crippen LogP contribution in [-0.4, -0.2) is 15.0 Å². The van der Waals surface area contributed by atoms with Crippen molar-refractivity contribution in [3.05, 3.63) is 162 Å². The molecule has 0 fully saturated rings. The molecule has 306 valence electrons. The Balaban J connectivity index is 1.19. The average Bonchev–Trinajstić information content (AvgIpc) is 3.84. The maximum Gasteiger partial charge on any atom is 0.164 e. The molecule has 3 heterocycles. The Morgan fingerprint density at radius 3 is 1.61 bits per heavy atom. The number of nitrogens with zero attached hydrogens (tertiary/aromatic N) is 3. The van der Waals surface area contributed by atoms with Crippen LogP contribution in [-0.2, 0) is 16.2 Å². The number of hydrogen-bond donors (Lipinski definition) is 0. The molecule has 5 nitrogen and oxygen atoms in total. The molecule has 0 aliphatic heterocycles. The van der Waals surface area contributed by atoms with Crippen molar-refractivity contribution in [3.63, 3.8) is 0 Å². The topological polar surface area (TPSA) is 65.0 Å². The van der Waals surface area contributed by atoms with E-state index in [9.17, 15) is 0 Å². The molecular formula is C57H51N3O2. The first kappa shape index (κ1) is 39.3. The van der Waals surface area contributed by atoms with Crippen LogP contribution in [0.5, 0.6) is 0 Å². The Kier molecular flexibility index (Phi) is 9.11. The van der Waals surface area contributed by atoms with Gasteiger partial charge < -0.3 is 8.83 Å². The molecule has 3 aromatic heterocycles. The minimum Gasteiger partial charge on any atom is -0.456 e. The van der Waals surface area contributed by atoms with Gasteiger partial charge in [0.2, 0.25) is 0 Å².